The largest absolute Gasteiger partial charge is 0.469 e. The quantitative estimate of drug-likeness (QED) is 0.694. The minimum Gasteiger partial charge on any atom is -0.469 e. The fourth-order valence-electron chi connectivity index (χ4n) is 1.23. The molecule has 0 aliphatic rings. The summed E-state index contributed by atoms with van der Waals surface area (Å²) in [6.45, 7) is 5.58. The van der Waals surface area contributed by atoms with Crippen LogP contribution in [0.4, 0.5) is 0 Å². The van der Waals surface area contributed by atoms with Gasteiger partial charge in [-0.25, -0.2) is 0 Å². The lowest BCUT2D eigenvalue weighted by atomic mass is 9.93. The molecule has 0 aliphatic heterocycles. The van der Waals surface area contributed by atoms with Crippen LogP contribution in [0.15, 0.2) is 10.6 Å². The minimum atomic E-state index is -0.230. The summed E-state index contributed by atoms with van der Waals surface area (Å²) >= 11 is 0. The van der Waals surface area contributed by atoms with E-state index in [1.807, 2.05) is 26.8 Å². The predicted octanol–water partition coefficient (Wildman–Crippen LogP) is 1.90. The summed E-state index contributed by atoms with van der Waals surface area (Å²) in [4.78, 5) is 11.2. The second-order valence-electron chi connectivity index (χ2n) is 3.47. The Bertz CT molecular complexity index is 319. The first-order valence-electron chi connectivity index (χ1n) is 4.57. The second kappa shape index (κ2) is 4.26. The van der Waals surface area contributed by atoms with E-state index in [1.165, 1.54) is 7.11 Å². The molecular formula is C10H15NO3. The van der Waals surface area contributed by atoms with Crippen molar-refractivity contribution in [2.45, 2.75) is 26.7 Å². The first-order valence-corrected chi connectivity index (χ1v) is 4.57. The van der Waals surface area contributed by atoms with E-state index >= 15 is 0 Å². The molecule has 0 N–H and O–H groups in total. The van der Waals surface area contributed by atoms with Gasteiger partial charge in [0.1, 0.15) is 5.76 Å². The molecule has 2 atom stereocenters. The number of rotatable bonds is 3. The van der Waals surface area contributed by atoms with E-state index in [4.69, 9.17) is 4.52 Å². The molecule has 0 aliphatic carbocycles. The molecule has 4 heteroatoms. The van der Waals surface area contributed by atoms with Gasteiger partial charge in [0.05, 0.1) is 18.7 Å². The fourth-order valence-corrected chi connectivity index (χ4v) is 1.23. The third-order valence-electron chi connectivity index (χ3n) is 2.42. The van der Waals surface area contributed by atoms with Gasteiger partial charge in [0.15, 0.2) is 0 Å². The van der Waals surface area contributed by atoms with Crippen molar-refractivity contribution in [2.24, 2.45) is 5.92 Å². The highest BCUT2D eigenvalue weighted by Crippen LogP contribution is 2.25. The molecule has 4 nitrogen and oxygen atoms in total. The highest BCUT2D eigenvalue weighted by Gasteiger charge is 2.25. The standard InChI is InChI=1S/C10H15NO3/c1-6-5-9(14-11-6)7(2)8(3)10(12)13-4/h5,7-8H,1-4H3. The monoisotopic (exact) mass is 197 g/mol. The Kier molecular flexibility index (Phi) is 3.28. The SMILES string of the molecule is COC(=O)C(C)C(C)c1cc(C)no1. The second-order valence-corrected chi connectivity index (χ2v) is 3.47. The average Bonchev–Trinajstić information content (AvgIpc) is 2.61. The van der Waals surface area contributed by atoms with E-state index in [0.29, 0.717) is 0 Å². The Morgan fingerprint density at radius 1 is 1.57 bits per heavy atom. The van der Waals surface area contributed by atoms with Crippen molar-refractivity contribution in [1.29, 1.82) is 0 Å². The summed E-state index contributed by atoms with van der Waals surface area (Å²) in [5.74, 6) is 0.267. The van der Waals surface area contributed by atoms with Crippen molar-refractivity contribution in [1.82, 2.24) is 5.16 Å². The lowest BCUT2D eigenvalue weighted by Crippen LogP contribution is -2.18. The molecule has 0 amide bonds. The summed E-state index contributed by atoms with van der Waals surface area (Å²) in [5.41, 5.74) is 0.823. The van der Waals surface area contributed by atoms with Gasteiger partial charge >= 0.3 is 5.97 Å². The Morgan fingerprint density at radius 2 is 2.21 bits per heavy atom. The van der Waals surface area contributed by atoms with E-state index in [2.05, 4.69) is 9.89 Å². The molecule has 0 fully saturated rings. The number of carbonyl (C=O) groups is 1. The van der Waals surface area contributed by atoms with Crippen molar-refractivity contribution in [3.63, 3.8) is 0 Å². The van der Waals surface area contributed by atoms with Crippen LogP contribution in [0, 0.1) is 12.8 Å². The third kappa shape index (κ3) is 2.13. The van der Waals surface area contributed by atoms with Crippen LogP contribution < -0.4 is 0 Å². The molecule has 0 bridgehead atoms. The first kappa shape index (κ1) is 10.8. The number of nitrogens with zero attached hydrogens (tertiary/aromatic N) is 1. The topological polar surface area (TPSA) is 52.3 Å². The van der Waals surface area contributed by atoms with Gasteiger partial charge in [0, 0.05) is 12.0 Å². The molecule has 78 valence electrons. The molecule has 0 aromatic carbocycles. The fraction of sp³-hybridized carbons (Fsp3) is 0.600. The Balaban J connectivity index is 2.74. The number of aryl methyl sites for hydroxylation is 1. The molecule has 0 spiro atoms. The van der Waals surface area contributed by atoms with Gasteiger partial charge < -0.3 is 9.26 Å². The maximum Gasteiger partial charge on any atom is 0.309 e. The van der Waals surface area contributed by atoms with Crippen LogP contribution in [0.3, 0.4) is 0 Å². The van der Waals surface area contributed by atoms with Gasteiger partial charge in [-0.15, -0.1) is 0 Å². The van der Waals surface area contributed by atoms with E-state index in [9.17, 15) is 4.79 Å². The smallest absolute Gasteiger partial charge is 0.309 e. The summed E-state index contributed by atoms with van der Waals surface area (Å²) < 4.78 is 9.74. The molecular weight excluding hydrogens is 182 g/mol. The van der Waals surface area contributed by atoms with Crippen molar-refractivity contribution < 1.29 is 14.1 Å². The van der Waals surface area contributed by atoms with Gasteiger partial charge in [-0.05, 0) is 6.92 Å². The van der Waals surface area contributed by atoms with Gasteiger partial charge in [-0.3, -0.25) is 4.79 Å². The molecule has 2 unspecified atom stereocenters. The summed E-state index contributed by atoms with van der Waals surface area (Å²) in [6, 6.07) is 1.84. The maximum atomic E-state index is 11.2. The van der Waals surface area contributed by atoms with E-state index in [0.717, 1.165) is 11.5 Å². The van der Waals surface area contributed by atoms with Crippen LogP contribution in [0.25, 0.3) is 0 Å². The van der Waals surface area contributed by atoms with Gasteiger partial charge in [0.2, 0.25) is 0 Å². The Labute approximate surface area is 83.2 Å². The summed E-state index contributed by atoms with van der Waals surface area (Å²) in [5, 5.41) is 3.78. The Hall–Kier alpha value is -1.32. The molecule has 14 heavy (non-hydrogen) atoms. The number of carbonyl (C=O) groups excluding carboxylic acids is 1. The van der Waals surface area contributed by atoms with Gasteiger partial charge in [-0.1, -0.05) is 19.0 Å². The number of ether oxygens (including phenoxy) is 1. The zero-order valence-corrected chi connectivity index (χ0v) is 8.90. The lowest BCUT2D eigenvalue weighted by molar-refractivity contribution is -0.145. The zero-order valence-electron chi connectivity index (χ0n) is 8.90. The van der Waals surface area contributed by atoms with Crippen LogP contribution in [0.1, 0.15) is 31.2 Å². The molecule has 0 radical (unpaired) electrons. The number of esters is 1. The average molecular weight is 197 g/mol. The van der Waals surface area contributed by atoms with E-state index in [1.54, 1.807) is 0 Å². The van der Waals surface area contributed by atoms with Gasteiger partial charge in [-0.2, -0.15) is 0 Å². The summed E-state index contributed by atoms with van der Waals surface area (Å²) in [7, 11) is 1.39. The van der Waals surface area contributed by atoms with Gasteiger partial charge in [0.25, 0.3) is 0 Å². The van der Waals surface area contributed by atoms with Crippen molar-refractivity contribution in [3.05, 3.63) is 17.5 Å². The van der Waals surface area contributed by atoms with Crippen molar-refractivity contribution in [3.8, 4) is 0 Å². The third-order valence-corrected chi connectivity index (χ3v) is 2.42. The normalized spacial score (nSPS) is 14.9. The molecule has 1 aromatic heterocycles. The number of hydrogen-bond donors (Lipinski definition) is 0. The minimum absolute atomic E-state index is 0.0105. The molecule has 1 heterocycles. The summed E-state index contributed by atoms with van der Waals surface area (Å²) in [6.07, 6.45) is 0. The van der Waals surface area contributed by atoms with Crippen LogP contribution in [-0.4, -0.2) is 18.2 Å². The number of hydrogen-bond acceptors (Lipinski definition) is 4. The van der Waals surface area contributed by atoms with E-state index in [-0.39, 0.29) is 17.8 Å². The number of aromatic nitrogens is 1. The van der Waals surface area contributed by atoms with Crippen LogP contribution in [0.5, 0.6) is 0 Å². The lowest BCUT2D eigenvalue weighted by Gasteiger charge is -2.14. The van der Waals surface area contributed by atoms with Crippen LogP contribution in [-0.2, 0) is 9.53 Å². The maximum absolute atomic E-state index is 11.2. The molecule has 0 saturated heterocycles. The van der Waals surface area contributed by atoms with Crippen LogP contribution in [0.2, 0.25) is 0 Å². The predicted molar refractivity (Wildman–Crippen MR) is 50.8 cm³/mol. The first-order chi connectivity index (χ1) is 6.56. The molecule has 0 saturated carbocycles. The van der Waals surface area contributed by atoms with Crippen molar-refractivity contribution >= 4 is 5.97 Å². The highest BCUT2D eigenvalue weighted by atomic mass is 16.5. The van der Waals surface area contributed by atoms with E-state index < -0.39 is 0 Å². The molecule has 1 rings (SSSR count). The zero-order chi connectivity index (χ0) is 10.7. The van der Waals surface area contributed by atoms with Crippen LogP contribution >= 0.6 is 0 Å². The Morgan fingerprint density at radius 3 is 2.64 bits per heavy atom. The molecule has 1 aromatic rings. The van der Waals surface area contributed by atoms with Crippen molar-refractivity contribution in [2.75, 3.05) is 7.11 Å². The highest BCUT2D eigenvalue weighted by molar-refractivity contribution is 5.72. The number of methoxy groups -OCH3 is 1.